The number of alkyl halides is 3. The summed E-state index contributed by atoms with van der Waals surface area (Å²) in [7, 11) is 0. The van der Waals surface area contributed by atoms with E-state index in [-0.39, 0.29) is 12.3 Å². The van der Waals surface area contributed by atoms with Crippen LogP contribution in [-0.4, -0.2) is 27.1 Å². The molecule has 2 aromatic carbocycles. The fraction of sp³-hybridized carbons (Fsp3) is 0.304. The number of rotatable bonds is 3. The Hall–Kier alpha value is -3.09. The highest BCUT2D eigenvalue weighted by Crippen LogP contribution is 2.30. The van der Waals surface area contributed by atoms with Gasteiger partial charge in [0.1, 0.15) is 0 Å². The summed E-state index contributed by atoms with van der Waals surface area (Å²) < 4.78 is 40.7. The first kappa shape index (κ1) is 20.2. The average Bonchev–Trinajstić information content (AvgIpc) is 2.99. The Bertz CT molecular complexity index is 1050. The van der Waals surface area contributed by atoms with Gasteiger partial charge in [0.05, 0.1) is 29.9 Å². The van der Waals surface area contributed by atoms with Crippen molar-refractivity contribution in [3.63, 3.8) is 0 Å². The molecule has 0 atom stereocenters. The normalized spacial score (nSPS) is 14.3. The molecule has 1 amide bonds. The topological polar surface area (TPSA) is 38.1 Å². The molecule has 2 heterocycles. The number of carbonyl (C=O) groups is 1. The first-order valence-corrected chi connectivity index (χ1v) is 9.87. The van der Waals surface area contributed by atoms with Crippen LogP contribution >= 0.6 is 0 Å². The van der Waals surface area contributed by atoms with E-state index in [1.807, 2.05) is 41.9 Å². The molecule has 0 radical (unpaired) electrons. The van der Waals surface area contributed by atoms with Crippen molar-refractivity contribution in [3.8, 4) is 11.3 Å². The lowest BCUT2D eigenvalue weighted by Gasteiger charge is -2.20. The Balaban J connectivity index is 1.50. The first-order chi connectivity index (χ1) is 14.3. The number of amides is 1. The van der Waals surface area contributed by atoms with E-state index < -0.39 is 11.7 Å². The van der Waals surface area contributed by atoms with Gasteiger partial charge >= 0.3 is 6.18 Å². The second-order valence-electron chi connectivity index (χ2n) is 7.65. The highest BCUT2D eigenvalue weighted by atomic mass is 19.4. The van der Waals surface area contributed by atoms with Crippen LogP contribution < -0.4 is 0 Å². The van der Waals surface area contributed by atoms with Gasteiger partial charge in [-0.2, -0.15) is 18.3 Å². The first-order valence-electron chi connectivity index (χ1n) is 9.87. The summed E-state index contributed by atoms with van der Waals surface area (Å²) in [5.74, 6) is -0.180. The second-order valence-corrected chi connectivity index (χ2v) is 7.65. The summed E-state index contributed by atoms with van der Waals surface area (Å²) in [5.41, 5.74) is 3.61. The highest BCUT2D eigenvalue weighted by Gasteiger charge is 2.30. The largest absolute Gasteiger partial charge is 0.416 e. The molecular formula is C23H22F3N3O. The van der Waals surface area contributed by atoms with Crippen molar-refractivity contribution in [1.82, 2.24) is 14.7 Å². The van der Waals surface area contributed by atoms with E-state index in [0.29, 0.717) is 25.2 Å². The van der Waals surface area contributed by atoms with Gasteiger partial charge in [0.15, 0.2) is 0 Å². The second kappa shape index (κ2) is 7.97. The summed E-state index contributed by atoms with van der Waals surface area (Å²) in [6.07, 6.45) is -3.72. The van der Waals surface area contributed by atoms with E-state index in [4.69, 9.17) is 0 Å². The van der Waals surface area contributed by atoms with Gasteiger partial charge in [0.25, 0.3) is 0 Å². The maximum Gasteiger partial charge on any atom is 0.416 e. The minimum absolute atomic E-state index is 0.0527. The van der Waals surface area contributed by atoms with Crippen LogP contribution in [0, 0.1) is 6.92 Å². The van der Waals surface area contributed by atoms with Gasteiger partial charge in [-0.15, -0.1) is 0 Å². The van der Waals surface area contributed by atoms with E-state index in [9.17, 15) is 18.0 Å². The molecule has 0 saturated heterocycles. The quantitative estimate of drug-likeness (QED) is 0.616. The van der Waals surface area contributed by atoms with Crippen LogP contribution in [0.3, 0.4) is 0 Å². The Labute approximate surface area is 172 Å². The zero-order chi connectivity index (χ0) is 21.3. The maximum absolute atomic E-state index is 12.9. The lowest BCUT2D eigenvalue weighted by atomic mass is 10.1. The molecule has 7 heteroatoms. The molecule has 0 unspecified atom stereocenters. The number of fused-ring (bicyclic) bond motifs is 1. The molecule has 0 bridgehead atoms. The highest BCUT2D eigenvalue weighted by molar-refractivity contribution is 5.79. The van der Waals surface area contributed by atoms with Crippen LogP contribution in [0.2, 0.25) is 0 Å². The molecule has 0 spiro atoms. The van der Waals surface area contributed by atoms with Crippen LogP contribution in [0.1, 0.15) is 28.8 Å². The minimum atomic E-state index is -4.42. The lowest BCUT2D eigenvalue weighted by molar-refractivity contribution is -0.138. The van der Waals surface area contributed by atoms with Crippen molar-refractivity contribution < 1.29 is 18.0 Å². The third-order valence-corrected chi connectivity index (χ3v) is 5.32. The molecule has 156 valence electrons. The van der Waals surface area contributed by atoms with Crippen LogP contribution in [-0.2, 0) is 30.5 Å². The Morgan fingerprint density at radius 2 is 1.83 bits per heavy atom. The molecule has 1 aliphatic heterocycles. The number of carbonyl (C=O) groups excluding carboxylic acids is 1. The Morgan fingerprint density at radius 1 is 1.07 bits per heavy atom. The van der Waals surface area contributed by atoms with E-state index in [1.165, 1.54) is 11.6 Å². The molecule has 1 aromatic heterocycles. The number of aryl methyl sites for hydroxylation is 2. The molecule has 0 aliphatic carbocycles. The van der Waals surface area contributed by atoms with Crippen molar-refractivity contribution in [1.29, 1.82) is 0 Å². The molecule has 0 fully saturated rings. The van der Waals surface area contributed by atoms with Gasteiger partial charge in [-0.25, -0.2) is 0 Å². The minimum Gasteiger partial charge on any atom is -0.336 e. The van der Waals surface area contributed by atoms with E-state index in [1.54, 1.807) is 11.0 Å². The summed E-state index contributed by atoms with van der Waals surface area (Å²) in [5, 5.41) is 4.68. The van der Waals surface area contributed by atoms with E-state index in [2.05, 4.69) is 5.10 Å². The molecule has 0 N–H and O–H groups in total. The smallest absolute Gasteiger partial charge is 0.336 e. The molecule has 3 aromatic rings. The van der Waals surface area contributed by atoms with Gasteiger partial charge in [0, 0.05) is 18.7 Å². The molecule has 0 saturated carbocycles. The number of halogens is 3. The number of hydrogen-bond acceptors (Lipinski definition) is 2. The SMILES string of the molecule is Cc1ccc(-c2cc3n(n2)CCCN(C(=O)Cc2cccc(C(F)(F)F)c2)C3)cc1. The van der Waals surface area contributed by atoms with Crippen LogP contribution in [0.15, 0.2) is 54.6 Å². The van der Waals surface area contributed by atoms with Crippen molar-refractivity contribution >= 4 is 5.91 Å². The van der Waals surface area contributed by atoms with Gasteiger partial charge in [0.2, 0.25) is 5.91 Å². The van der Waals surface area contributed by atoms with Crippen LogP contribution in [0.25, 0.3) is 11.3 Å². The third-order valence-electron chi connectivity index (χ3n) is 5.32. The average molecular weight is 413 g/mol. The zero-order valence-corrected chi connectivity index (χ0v) is 16.6. The Morgan fingerprint density at radius 3 is 2.57 bits per heavy atom. The standard InChI is InChI=1S/C23H22F3N3O/c1-16-6-8-18(9-7-16)21-14-20-15-28(10-3-11-29(20)27-21)22(30)13-17-4-2-5-19(12-17)23(24,25)26/h2,4-9,12,14H,3,10-11,13,15H2,1H3. The summed E-state index contributed by atoms with van der Waals surface area (Å²) in [6.45, 7) is 3.69. The van der Waals surface area contributed by atoms with E-state index in [0.717, 1.165) is 35.5 Å². The number of benzene rings is 2. The van der Waals surface area contributed by atoms with Gasteiger partial charge in [-0.3, -0.25) is 9.48 Å². The summed E-state index contributed by atoms with van der Waals surface area (Å²) >= 11 is 0. The zero-order valence-electron chi connectivity index (χ0n) is 16.6. The van der Waals surface area contributed by atoms with Crippen LogP contribution in [0.4, 0.5) is 13.2 Å². The predicted molar refractivity (Wildman–Crippen MR) is 108 cm³/mol. The summed E-state index contributed by atoms with van der Waals surface area (Å²) in [4.78, 5) is 14.5. The Kier molecular flexibility index (Phi) is 5.37. The van der Waals surface area contributed by atoms with Crippen molar-refractivity contribution in [2.75, 3.05) is 6.54 Å². The van der Waals surface area contributed by atoms with Gasteiger partial charge in [-0.05, 0) is 31.0 Å². The molecule has 30 heavy (non-hydrogen) atoms. The van der Waals surface area contributed by atoms with Gasteiger partial charge < -0.3 is 4.90 Å². The number of nitrogens with zero attached hydrogens (tertiary/aromatic N) is 3. The monoisotopic (exact) mass is 413 g/mol. The van der Waals surface area contributed by atoms with Crippen LogP contribution in [0.5, 0.6) is 0 Å². The fourth-order valence-electron chi connectivity index (χ4n) is 3.68. The predicted octanol–water partition coefficient (Wildman–Crippen LogP) is 4.85. The fourth-order valence-corrected chi connectivity index (χ4v) is 3.68. The summed E-state index contributed by atoms with van der Waals surface area (Å²) in [6, 6.07) is 15.1. The van der Waals surface area contributed by atoms with E-state index >= 15 is 0 Å². The van der Waals surface area contributed by atoms with Gasteiger partial charge in [-0.1, -0.05) is 48.0 Å². The lowest BCUT2D eigenvalue weighted by Crippen LogP contribution is -2.32. The molecule has 4 rings (SSSR count). The number of hydrogen-bond donors (Lipinski definition) is 0. The molecule has 1 aliphatic rings. The van der Waals surface area contributed by atoms with Crippen molar-refractivity contribution in [3.05, 3.63) is 77.0 Å². The molecule has 4 nitrogen and oxygen atoms in total. The third kappa shape index (κ3) is 4.40. The number of aromatic nitrogens is 2. The maximum atomic E-state index is 12.9. The molecular weight excluding hydrogens is 391 g/mol. The van der Waals surface area contributed by atoms with Crippen molar-refractivity contribution in [2.24, 2.45) is 0 Å². The van der Waals surface area contributed by atoms with Crippen molar-refractivity contribution in [2.45, 2.75) is 39.0 Å².